The molecule has 1 aromatic carbocycles. The van der Waals surface area contributed by atoms with Gasteiger partial charge in [0.2, 0.25) is 10.0 Å². The minimum atomic E-state index is -3.50. The first-order chi connectivity index (χ1) is 14.1. The van der Waals surface area contributed by atoms with Crippen molar-refractivity contribution < 1.29 is 8.42 Å². The van der Waals surface area contributed by atoms with Crippen molar-refractivity contribution in [3.63, 3.8) is 0 Å². The lowest BCUT2D eigenvalue weighted by molar-refractivity contribution is 0.471. The van der Waals surface area contributed by atoms with Crippen molar-refractivity contribution in [3.05, 3.63) is 48.3 Å². The van der Waals surface area contributed by atoms with Crippen molar-refractivity contribution in [1.29, 1.82) is 0 Å². The predicted octanol–water partition coefficient (Wildman–Crippen LogP) is 4.52. The summed E-state index contributed by atoms with van der Waals surface area (Å²) >= 11 is 0. The standard InChI is InChI=1S/C22H32N4O2S/c1-2-25-29(27,28)20-10-11-21(26-19-8-6-4-3-5-7-9-19)22(16-20)24-17-18-12-14-23-15-13-18/h10-16,19,24-26H,2-9,17H2,1H3. The lowest BCUT2D eigenvalue weighted by Crippen LogP contribution is -2.24. The van der Waals surface area contributed by atoms with Crippen LogP contribution in [0.1, 0.15) is 57.4 Å². The zero-order valence-corrected chi connectivity index (χ0v) is 18.0. The highest BCUT2D eigenvalue weighted by atomic mass is 32.2. The minimum Gasteiger partial charge on any atom is -0.381 e. The number of hydrogen-bond acceptors (Lipinski definition) is 5. The Bertz CT molecular complexity index is 864. The van der Waals surface area contributed by atoms with Crippen LogP contribution in [-0.4, -0.2) is 26.0 Å². The molecule has 1 saturated carbocycles. The van der Waals surface area contributed by atoms with Gasteiger partial charge >= 0.3 is 0 Å². The Kier molecular flexibility index (Phi) is 7.89. The summed E-state index contributed by atoms with van der Waals surface area (Å²) in [4.78, 5) is 4.33. The second kappa shape index (κ2) is 10.6. The average molecular weight is 417 g/mol. The van der Waals surface area contributed by atoms with E-state index in [1.165, 1.54) is 32.1 Å². The van der Waals surface area contributed by atoms with E-state index in [0.717, 1.165) is 29.8 Å². The van der Waals surface area contributed by atoms with Crippen molar-refractivity contribution in [1.82, 2.24) is 9.71 Å². The predicted molar refractivity (Wildman–Crippen MR) is 119 cm³/mol. The van der Waals surface area contributed by atoms with E-state index in [4.69, 9.17) is 0 Å². The third-order valence-corrected chi connectivity index (χ3v) is 6.88. The van der Waals surface area contributed by atoms with Crippen LogP contribution in [0.5, 0.6) is 0 Å². The van der Waals surface area contributed by atoms with Crippen LogP contribution in [0, 0.1) is 0 Å². The molecule has 1 aliphatic rings. The maximum Gasteiger partial charge on any atom is 0.240 e. The Morgan fingerprint density at radius 1 is 0.966 bits per heavy atom. The zero-order valence-electron chi connectivity index (χ0n) is 17.2. The largest absolute Gasteiger partial charge is 0.381 e. The molecule has 3 rings (SSSR count). The van der Waals surface area contributed by atoms with Gasteiger partial charge in [-0.1, -0.05) is 39.0 Å². The molecule has 29 heavy (non-hydrogen) atoms. The molecule has 2 aromatic rings. The van der Waals surface area contributed by atoms with Gasteiger partial charge in [-0.15, -0.1) is 0 Å². The summed E-state index contributed by atoms with van der Waals surface area (Å²) in [5.74, 6) is 0. The van der Waals surface area contributed by atoms with Gasteiger partial charge in [-0.3, -0.25) is 4.98 Å². The quantitative estimate of drug-likeness (QED) is 0.589. The fourth-order valence-electron chi connectivity index (χ4n) is 3.75. The Labute approximate surface area is 174 Å². The van der Waals surface area contributed by atoms with Crippen molar-refractivity contribution in [2.24, 2.45) is 0 Å². The van der Waals surface area contributed by atoms with E-state index in [-0.39, 0.29) is 4.90 Å². The first-order valence-electron chi connectivity index (χ1n) is 10.6. The van der Waals surface area contributed by atoms with E-state index >= 15 is 0 Å². The summed E-state index contributed by atoms with van der Waals surface area (Å²) in [5, 5.41) is 7.09. The molecule has 0 saturated heterocycles. The number of aromatic nitrogens is 1. The van der Waals surface area contributed by atoms with Crippen LogP contribution in [-0.2, 0) is 16.6 Å². The van der Waals surface area contributed by atoms with E-state index in [1.54, 1.807) is 31.5 Å². The summed E-state index contributed by atoms with van der Waals surface area (Å²) in [7, 11) is -3.50. The minimum absolute atomic E-state index is 0.278. The number of nitrogens with one attached hydrogen (secondary N) is 3. The molecule has 0 spiro atoms. The second-order valence-corrected chi connectivity index (χ2v) is 9.37. The molecule has 1 fully saturated rings. The van der Waals surface area contributed by atoms with Gasteiger partial charge in [-0.05, 0) is 48.7 Å². The van der Waals surface area contributed by atoms with Crippen LogP contribution in [0.15, 0.2) is 47.6 Å². The molecule has 0 bridgehead atoms. The molecule has 0 atom stereocenters. The van der Waals surface area contributed by atoms with E-state index in [0.29, 0.717) is 19.1 Å². The summed E-state index contributed by atoms with van der Waals surface area (Å²) in [6.07, 6.45) is 12.2. The van der Waals surface area contributed by atoms with Gasteiger partial charge in [-0.25, -0.2) is 13.1 Å². The molecule has 0 amide bonds. The van der Waals surface area contributed by atoms with Gasteiger partial charge in [-0.2, -0.15) is 0 Å². The highest BCUT2D eigenvalue weighted by Crippen LogP contribution is 2.29. The first kappa shape index (κ1) is 21.6. The lowest BCUT2D eigenvalue weighted by Gasteiger charge is -2.24. The number of nitrogens with zero attached hydrogens (tertiary/aromatic N) is 1. The molecular formula is C22H32N4O2S. The fourth-order valence-corrected chi connectivity index (χ4v) is 4.82. The molecule has 7 heteroatoms. The molecular weight excluding hydrogens is 384 g/mol. The van der Waals surface area contributed by atoms with Crippen molar-refractivity contribution in [2.45, 2.75) is 69.4 Å². The summed E-state index contributed by atoms with van der Waals surface area (Å²) in [5.41, 5.74) is 2.86. The molecule has 0 radical (unpaired) electrons. The van der Waals surface area contributed by atoms with E-state index < -0.39 is 10.0 Å². The van der Waals surface area contributed by atoms with Gasteiger partial charge < -0.3 is 10.6 Å². The van der Waals surface area contributed by atoms with Crippen LogP contribution in [0.4, 0.5) is 11.4 Å². The summed E-state index contributed by atoms with van der Waals surface area (Å²) in [6.45, 7) is 2.75. The molecule has 3 N–H and O–H groups in total. The van der Waals surface area contributed by atoms with E-state index in [9.17, 15) is 8.42 Å². The number of sulfonamides is 1. The number of pyridine rings is 1. The molecule has 1 aliphatic carbocycles. The van der Waals surface area contributed by atoms with Crippen LogP contribution in [0.3, 0.4) is 0 Å². The SMILES string of the molecule is CCNS(=O)(=O)c1ccc(NC2CCCCCCC2)c(NCc2ccncc2)c1. The van der Waals surface area contributed by atoms with E-state index in [1.807, 2.05) is 18.2 Å². The monoisotopic (exact) mass is 416 g/mol. The molecule has 158 valence electrons. The molecule has 1 heterocycles. The second-order valence-electron chi connectivity index (χ2n) is 7.60. The summed E-state index contributed by atoms with van der Waals surface area (Å²) in [6, 6.07) is 9.62. The molecule has 0 unspecified atom stereocenters. The molecule has 1 aromatic heterocycles. The van der Waals surface area contributed by atoms with Crippen LogP contribution < -0.4 is 15.4 Å². The van der Waals surface area contributed by atoms with Gasteiger partial charge in [0.15, 0.2) is 0 Å². The molecule has 0 aliphatic heterocycles. The highest BCUT2D eigenvalue weighted by Gasteiger charge is 2.17. The smallest absolute Gasteiger partial charge is 0.240 e. The highest BCUT2D eigenvalue weighted by molar-refractivity contribution is 7.89. The van der Waals surface area contributed by atoms with Crippen LogP contribution >= 0.6 is 0 Å². The summed E-state index contributed by atoms with van der Waals surface area (Å²) < 4.78 is 27.5. The van der Waals surface area contributed by atoms with Gasteiger partial charge in [0, 0.05) is 31.5 Å². The van der Waals surface area contributed by atoms with Crippen LogP contribution in [0.25, 0.3) is 0 Å². The van der Waals surface area contributed by atoms with E-state index in [2.05, 4.69) is 20.3 Å². The Balaban J connectivity index is 1.82. The van der Waals surface area contributed by atoms with Gasteiger partial charge in [0.1, 0.15) is 0 Å². The number of benzene rings is 1. The third kappa shape index (κ3) is 6.44. The maximum atomic E-state index is 12.5. The lowest BCUT2D eigenvalue weighted by atomic mass is 9.96. The fraction of sp³-hybridized carbons (Fsp3) is 0.500. The first-order valence-corrected chi connectivity index (χ1v) is 12.1. The average Bonchev–Trinajstić information content (AvgIpc) is 2.69. The molecule has 6 nitrogen and oxygen atoms in total. The van der Waals surface area contributed by atoms with Gasteiger partial charge in [0.05, 0.1) is 16.3 Å². The van der Waals surface area contributed by atoms with Crippen LogP contribution in [0.2, 0.25) is 0 Å². The van der Waals surface area contributed by atoms with Crippen molar-refractivity contribution in [3.8, 4) is 0 Å². The Morgan fingerprint density at radius 3 is 2.34 bits per heavy atom. The van der Waals surface area contributed by atoms with Crippen molar-refractivity contribution in [2.75, 3.05) is 17.2 Å². The maximum absolute atomic E-state index is 12.5. The topological polar surface area (TPSA) is 83.1 Å². The zero-order chi connectivity index (χ0) is 20.5. The number of rotatable bonds is 8. The Morgan fingerprint density at radius 2 is 1.66 bits per heavy atom. The van der Waals surface area contributed by atoms with Gasteiger partial charge in [0.25, 0.3) is 0 Å². The Hall–Kier alpha value is -2.12. The normalized spacial score (nSPS) is 16.0. The van der Waals surface area contributed by atoms with Crippen molar-refractivity contribution >= 4 is 21.4 Å². The number of hydrogen-bond donors (Lipinski definition) is 3. The third-order valence-electron chi connectivity index (χ3n) is 5.33. The number of anilines is 2.